The Bertz CT molecular complexity index is 758. The van der Waals surface area contributed by atoms with Gasteiger partial charge in [-0.3, -0.25) is 9.59 Å². The van der Waals surface area contributed by atoms with E-state index in [9.17, 15) is 19.8 Å². The lowest BCUT2D eigenvalue weighted by Crippen LogP contribution is -2.14. The number of carboxylic acids is 2. The summed E-state index contributed by atoms with van der Waals surface area (Å²) in [7, 11) is 0. The third-order valence-electron chi connectivity index (χ3n) is 7.68. The molecule has 4 nitrogen and oxygen atoms in total. The van der Waals surface area contributed by atoms with Crippen molar-refractivity contribution in [3.63, 3.8) is 0 Å². The molecule has 31 heavy (non-hydrogen) atoms. The molecule has 2 aliphatic rings. The minimum absolute atomic E-state index is 0.364. The van der Waals surface area contributed by atoms with Gasteiger partial charge in [0.15, 0.2) is 0 Å². The smallest absolute Gasteiger partial charge is 0.309 e. The summed E-state index contributed by atoms with van der Waals surface area (Å²) >= 11 is 0. The number of hydrogen-bond donors (Lipinski definition) is 2. The highest BCUT2D eigenvalue weighted by Gasteiger charge is 2.49. The van der Waals surface area contributed by atoms with E-state index in [1.54, 1.807) is 0 Å². The lowest BCUT2D eigenvalue weighted by atomic mass is 9.93. The van der Waals surface area contributed by atoms with Crippen LogP contribution in [0.15, 0.2) is 18.2 Å². The van der Waals surface area contributed by atoms with Crippen LogP contribution < -0.4 is 0 Å². The first kappa shape index (κ1) is 23.8. The molecular formula is C27H40O4. The molecule has 4 heteroatoms. The Morgan fingerprint density at radius 1 is 0.710 bits per heavy atom. The van der Waals surface area contributed by atoms with E-state index in [1.807, 2.05) is 0 Å². The zero-order valence-corrected chi connectivity index (χ0v) is 19.3. The molecule has 0 heterocycles. The summed E-state index contributed by atoms with van der Waals surface area (Å²) in [4.78, 5) is 22.5. The summed E-state index contributed by atoms with van der Waals surface area (Å²) in [5.74, 6) is -1.18. The Morgan fingerprint density at radius 2 is 1.16 bits per heavy atom. The number of carbonyl (C=O) groups is 2. The quantitative estimate of drug-likeness (QED) is 0.287. The van der Waals surface area contributed by atoms with Crippen LogP contribution in [0.3, 0.4) is 0 Å². The second kappa shape index (κ2) is 10.7. The first-order chi connectivity index (χ1) is 14.9. The molecule has 0 aliphatic heterocycles. The van der Waals surface area contributed by atoms with Crippen molar-refractivity contribution in [3.05, 3.63) is 34.9 Å². The van der Waals surface area contributed by atoms with Gasteiger partial charge >= 0.3 is 11.9 Å². The molecule has 2 N–H and O–H groups in total. The first-order valence-corrected chi connectivity index (χ1v) is 12.4. The summed E-state index contributed by atoms with van der Waals surface area (Å²) in [5, 5.41) is 18.5. The minimum Gasteiger partial charge on any atom is -0.481 e. The second-order valence-corrected chi connectivity index (χ2v) is 10.3. The Kier molecular flexibility index (Phi) is 8.18. The van der Waals surface area contributed by atoms with E-state index in [2.05, 4.69) is 25.1 Å². The standard InChI is InChI=1S/C27H40O4/c1-21-12-13-22(10-6-2-4-8-14-26(16-17-26)24(28)29)23(20-21)11-7-3-5-9-15-27(18-19-27)25(30)31/h12-13,20H,2-11,14-19H2,1H3,(H,28,29)(H,30,31). The fraction of sp³-hybridized carbons (Fsp3) is 0.704. The van der Waals surface area contributed by atoms with Gasteiger partial charge in [0.05, 0.1) is 10.8 Å². The van der Waals surface area contributed by atoms with Gasteiger partial charge in [0.25, 0.3) is 0 Å². The van der Waals surface area contributed by atoms with Crippen molar-refractivity contribution >= 4 is 11.9 Å². The molecule has 0 amide bonds. The topological polar surface area (TPSA) is 74.6 Å². The molecule has 0 bridgehead atoms. The molecule has 0 aromatic heterocycles. The van der Waals surface area contributed by atoms with E-state index in [4.69, 9.17) is 0 Å². The molecule has 0 atom stereocenters. The minimum atomic E-state index is -0.592. The highest BCUT2D eigenvalue weighted by molar-refractivity contribution is 5.78. The van der Waals surface area contributed by atoms with Crippen molar-refractivity contribution in [1.29, 1.82) is 0 Å². The highest BCUT2D eigenvalue weighted by atomic mass is 16.4. The molecule has 0 unspecified atom stereocenters. The summed E-state index contributed by atoms with van der Waals surface area (Å²) in [6, 6.07) is 6.84. The molecule has 0 saturated heterocycles. The van der Waals surface area contributed by atoms with Crippen molar-refractivity contribution in [2.45, 2.75) is 110 Å². The van der Waals surface area contributed by atoms with Crippen LogP contribution in [0, 0.1) is 17.8 Å². The molecule has 3 rings (SSSR count). The van der Waals surface area contributed by atoms with Crippen LogP contribution in [-0.4, -0.2) is 22.2 Å². The van der Waals surface area contributed by atoms with E-state index in [0.29, 0.717) is 0 Å². The summed E-state index contributed by atoms with van der Waals surface area (Å²) in [6.45, 7) is 2.16. The van der Waals surface area contributed by atoms with Gasteiger partial charge in [-0.15, -0.1) is 0 Å². The molecule has 1 aromatic rings. The zero-order chi connectivity index (χ0) is 22.3. The van der Waals surface area contributed by atoms with E-state index in [1.165, 1.54) is 42.4 Å². The third kappa shape index (κ3) is 6.82. The molecule has 0 radical (unpaired) electrons. The van der Waals surface area contributed by atoms with Crippen LogP contribution in [0.1, 0.15) is 107 Å². The van der Waals surface area contributed by atoms with Crippen molar-refractivity contribution in [1.82, 2.24) is 0 Å². The fourth-order valence-corrected chi connectivity index (χ4v) is 4.94. The normalized spacial score (nSPS) is 18.0. The Balaban J connectivity index is 1.31. The number of aliphatic carboxylic acids is 2. The van der Waals surface area contributed by atoms with Gasteiger partial charge in [-0.1, -0.05) is 62.3 Å². The number of unbranched alkanes of at least 4 members (excludes halogenated alkanes) is 6. The van der Waals surface area contributed by atoms with Crippen LogP contribution in [0.5, 0.6) is 0 Å². The van der Waals surface area contributed by atoms with Gasteiger partial charge in [-0.25, -0.2) is 0 Å². The third-order valence-corrected chi connectivity index (χ3v) is 7.68. The van der Waals surface area contributed by atoms with Gasteiger partial charge in [0, 0.05) is 0 Å². The summed E-state index contributed by atoms with van der Waals surface area (Å²) in [5.41, 5.74) is 3.54. The molecule has 1 aromatic carbocycles. The molecule has 172 valence electrons. The van der Waals surface area contributed by atoms with Crippen LogP contribution >= 0.6 is 0 Å². The average Bonchev–Trinajstić information content (AvgIpc) is 3.64. The van der Waals surface area contributed by atoms with Crippen molar-refractivity contribution < 1.29 is 19.8 Å². The largest absolute Gasteiger partial charge is 0.481 e. The van der Waals surface area contributed by atoms with Crippen molar-refractivity contribution in [2.24, 2.45) is 10.8 Å². The Labute approximate surface area is 187 Å². The number of rotatable bonds is 16. The number of hydrogen-bond acceptors (Lipinski definition) is 2. The maximum atomic E-state index is 11.3. The lowest BCUT2D eigenvalue weighted by Gasteiger charge is -2.12. The monoisotopic (exact) mass is 428 g/mol. The maximum Gasteiger partial charge on any atom is 0.309 e. The van der Waals surface area contributed by atoms with E-state index < -0.39 is 11.9 Å². The van der Waals surface area contributed by atoms with E-state index in [-0.39, 0.29) is 10.8 Å². The van der Waals surface area contributed by atoms with Crippen molar-refractivity contribution in [2.75, 3.05) is 0 Å². The highest BCUT2D eigenvalue weighted by Crippen LogP contribution is 2.50. The van der Waals surface area contributed by atoms with E-state index >= 15 is 0 Å². The maximum absolute atomic E-state index is 11.3. The van der Waals surface area contributed by atoms with Gasteiger partial charge in [-0.05, 0) is 82.3 Å². The predicted molar refractivity (Wildman–Crippen MR) is 123 cm³/mol. The van der Waals surface area contributed by atoms with Crippen LogP contribution in [-0.2, 0) is 22.4 Å². The second-order valence-electron chi connectivity index (χ2n) is 10.3. The van der Waals surface area contributed by atoms with Gasteiger partial charge in [0.1, 0.15) is 0 Å². The van der Waals surface area contributed by atoms with Crippen LogP contribution in [0.2, 0.25) is 0 Å². The van der Waals surface area contributed by atoms with Crippen molar-refractivity contribution in [3.8, 4) is 0 Å². The predicted octanol–water partition coefficient (Wildman–Crippen LogP) is 6.71. The fourth-order valence-electron chi connectivity index (χ4n) is 4.94. The first-order valence-electron chi connectivity index (χ1n) is 12.4. The summed E-state index contributed by atoms with van der Waals surface area (Å²) < 4.78 is 0. The number of benzene rings is 1. The molecular weight excluding hydrogens is 388 g/mol. The SMILES string of the molecule is Cc1ccc(CCCCCCC2(C(=O)O)CC2)c(CCCCCCC2(C(=O)O)CC2)c1. The van der Waals surface area contributed by atoms with Crippen LogP contribution in [0.4, 0.5) is 0 Å². The van der Waals surface area contributed by atoms with E-state index in [0.717, 1.165) is 77.0 Å². The molecule has 2 aliphatic carbocycles. The van der Waals surface area contributed by atoms with Gasteiger partial charge in [-0.2, -0.15) is 0 Å². The zero-order valence-electron chi connectivity index (χ0n) is 19.3. The van der Waals surface area contributed by atoms with Gasteiger partial charge < -0.3 is 10.2 Å². The summed E-state index contributed by atoms with van der Waals surface area (Å²) in [6.07, 6.45) is 16.5. The molecule has 0 spiro atoms. The molecule has 2 fully saturated rings. The lowest BCUT2D eigenvalue weighted by molar-refractivity contribution is -0.144. The molecule has 2 saturated carbocycles. The average molecular weight is 429 g/mol. The number of aryl methyl sites for hydroxylation is 3. The Morgan fingerprint density at radius 3 is 1.61 bits per heavy atom. The number of carboxylic acid groups (broad SMARTS) is 2. The van der Waals surface area contributed by atoms with Gasteiger partial charge in [0.2, 0.25) is 0 Å². The Hall–Kier alpha value is -1.84. The van der Waals surface area contributed by atoms with Crippen LogP contribution in [0.25, 0.3) is 0 Å².